The average molecular weight is 542 g/mol. The van der Waals surface area contributed by atoms with Gasteiger partial charge in [-0.15, -0.1) is 0 Å². The summed E-state index contributed by atoms with van der Waals surface area (Å²) in [4.78, 5) is 17.1. The van der Waals surface area contributed by atoms with Crippen LogP contribution in [-0.4, -0.2) is 18.5 Å². The molecule has 0 amide bonds. The molecule has 5 nitrogen and oxygen atoms in total. The Morgan fingerprint density at radius 1 is 0.944 bits per heavy atom. The molecule has 1 heterocycles. The highest BCUT2D eigenvalue weighted by Crippen LogP contribution is 2.38. The van der Waals surface area contributed by atoms with E-state index < -0.39 is 5.97 Å². The Kier molecular flexibility index (Phi) is 6.87. The summed E-state index contributed by atoms with van der Waals surface area (Å²) in [7, 11) is 0. The van der Waals surface area contributed by atoms with Crippen molar-refractivity contribution in [1.82, 2.24) is 0 Å². The summed E-state index contributed by atoms with van der Waals surface area (Å²) in [6.45, 7) is 4.86. The lowest BCUT2D eigenvalue weighted by Gasteiger charge is -2.15. The quantitative estimate of drug-likeness (QED) is 0.183. The molecule has 0 saturated carbocycles. The molecule has 0 saturated heterocycles. The predicted octanol–water partition coefficient (Wildman–Crippen LogP) is 7.23. The van der Waals surface area contributed by atoms with Gasteiger partial charge in [-0.1, -0.05) is 54.6 Å². The summed E-state index contributed by atoms with van der Waals surface area (Å²) in [6, 6.07) is 25.7. The first-order chi connectivity index (χ1) is 17.5. The van der Waals surface area contributed by atoms with E-state index in [1.807, 2.05) is 79.7 Å². The normalized spacial score (nSPS) is 14.1. The van der Waals surface area contributed by atoms with E-state index in [-0.39, 0.29) is 5.70 Å². The van der Waals surface area contributed by atoms with E-state index in [4.69, 9.17) is 14.2 Å². The minimum atomic E-state index is -0.493. The van der Waals surface area contributed by atoms with Crippen molar-refractivity contribution in [2.45, 2.75) is 20.5 Å². The topological polar surface area (TPSA) is 57.1 Å². The molecule has 0 aromatic heterocycles. The van der Waals surface area contributed by atoms with Crippen molar-refractivity contribution < 1.29 is 19.0 Å². The van der Waals surface area contributed by atoms with E-state index in [1.165, 1.54) is 0 Å². The molecule has 0 bridgehead atoms. The maximum atomic E-state index is 12.6. The number of rotatable bonds is 7. The van der Waals surface area contributed by atoms with Crippen LogP contribution in [0.25, 0.3) is 16.8 Å². The fourth-order valence-corrected chi connectivity index (χ4v) is 4.58. The summed E-state index contributed by atoms with van der Waals surface area (Å²) >= 11 is 3.61. The van der Waals surface area contributed by atoms with Crippen LogP contribution in [-0.2, 0) is 16.1 Å². The van der Waals surface area contributed by atoms with Crippen LogP contribution in [0.5, 0.6) is 11.5 Å². The van der Waals surface area contributed by atoms with Gasteiger partial charge in [-0.25, -0.2) is 9.79 Å². The fraction of sp³-hybridized carbons (Fsp3) is 0.133. The zero-order valence-corrected chi connectivity index (χ0v) is 21.5. The lowest BCUT2D eigenvalue weighted by Crippen LogP contribution is -2.05. The van der Waals surface area contributed by atoms with E-state index in [0.717, 1.165) is 37.5 Å². The van der Waals surface area contributed by atoms with Gasteiger partial charge < -0.3 is 14.2 Å². The Balaban J connectivity index is 1.43. The lowest BCUT2D eigenvalue weighted by molar-refractivity contribution is -0.129. The molecule has 1 aliphatic rings. The number of hydrogen-bond acceptors (Lipinski definition) is 5. The third kappa shape index (κ3) is 5.04. The molecule has 6 heteroatoms. The second-order valence-corrected chi connectivity index (χ2v) is 9.23. The van der Waals surface area contributed by atoms with Gasteiger partial charge >= 0.3 is 5.97 Å². The molecule has 5 rings (SSSR count). The highest BCUT2D eigenvalue weighted by Gasteiger charge is 2.25. The largest absolute Gasteiger partial charge is 0.490 e. The van der Waals surface area contributed by atoms with Gasteiger partial charge in [0.1, 0.15) is 6.61 Å². The highest BCUT2D eigenvalue weighted by molar-refractivity contribution is 9.10. The van der Waals surface area contributed by atoms with Crippen molar-refractivity contribution in [1.29, 1.82) is 0 Å². The number of fused-ring (bicyclic) bond motifs is 1. The van der Waals surface area contributed by atoms with Crippen molar-refractivity contribution in [2.24, 2.45) is 4.99 Å². The maximum absolute atomic E-state index is 12.6. The fourth-order valence-electron chi connectivity index (χ4n) is 4.01. The minimum absolute atomic E-state index is 0.223. The molecule has 0 fully saturated rings. The molecule has 1 aliphatic heterocycles. The Bertz CT molecular complexity index is 1520. The monoisotopic (exact) mass is 541 g/mol. The van der Waals surface area contributed by atoms with Crippen LogP contribution in [0.15, 0.2) is 94.0 Å². The van der Waals surface area contributed by atoms with Gasteiger partial charge in [-0.2, -0.15) is 0 Å². The Morgan fingerprint density at radius 2 is 1.72 bits per heavy atom. The number of hydrogen-bond donors (Lipinski definition) is 0. The SMILES string of the molecule is CCOc1cc(/C=C2\N=C(c3ccc4ccccc4c3)OC2=O)cc(Br)c1OCc1ccccc1C. The molecule has 0 N–H and O–H groups in total. The van der Waals surface area contributed by atoms with Crippen LogP contribution < -0.4 is 9.47 Å². The van der Waals surface area contributed by atoms with Gasteiger partial charge in [0.05, 0.1) is 11.1 Å². The van der Waals surface area contributed by atoms with Gasteiger partial charge in [0.15, 0.2) is 17.2 Å². The molecule has 0 atom stereocenters. The van der Waals surface area contributed by atoms with Crippen LogP contribution in [0.3, 0.4) is 0 Å². The molecule has 0 radical (unpaired) electrons. The Hall–Kier alpha value is -3.90. The molecule has 0 unspecified atom stereocenters. The standard InChI is InChI=1S/C30H24BrNO4/c1-3-34-27-16-20(14-25(31)28(27)35-18-24-11-5-4-8-19(24)2)15-26-30(33)36-29(32-26)23-13-12-21-9-6-7-10-22(21)17-23/h4-17H,3,18H2,1-2H3/b26-15-. The van der Waals surface area contributed by atoms with E-state index in [1.54, 1.807) is 6.08 Å². The number of aryl methyl sites for hydroxylation is 1. The number of cyclic esters (lactones) is 1. The van der Waals surface area contributed by atoms with E-state index in [0.29, 0.717) is 30.6 Å². The van der Waals surface area contributed by atoms with Gasteiger partial charge in [-0.05, 0) is 87.6 Å². The highest BCUT2D eigenvalue weighted by atomic mass is 79.9. The number of ether oxygens (including phenoxy) is 3. The molecule has 180 valence electrons. The number of aliphatic imine (C=N–C) groups is 1. The average Bonchev–Trinajstić information content (AvgIpc) is 3.24. The Morgan fingerprint density at radius 3 is 2.53 bits per heavy atom. The van der Waals surface area contributed by atoms with Crippen LogP contribution in [0.2, 0.25) is 0 Å². The van der Waals surface area contributed by atoms with Crippen molar-refractivity contribution in [3.63, 3.8) is 0 Å². The van der Waals surface area contributed by atoms with Gasteiger partial charge in [0, 0.05) is 5.56 Å². The van der Waals surface area contributed by atoms with E-state index in [2.05, 4.69) is 33.9 Å². The number of esters is 1. The van der Waals surface area contributed by atoms with Crippen molar-refractivity contribution >= 4 is 44.6 Å². The summed E-state index contributed by atoms with van der Waals surface area (Å²) < 4.78 is 18.2. The second kappa shape index (κ2) is 10.4. The van der Waals surface area contributed by atoms with Gasteiger partial charge in [0.2, 0.25) is 5.90 Å². The molecule has 4 aromatic rings. The van der Waals surface area contributed by atoms with Gasteiger partial charge in [0.25, 0.3) is 0 Å². The van der Waals surface area contributed by atoms with Crippen LogP contribution in [0, 0.1) is 6.92 Å². The third-order valence-electron chi connectivity index (χ3n) is 5.89. The summed E-state index contributed by atoms with van der Waals surface area (Å²) in [5.74, 6) is 0.986. The van der Waals surface area contributed by atoms with E-state index >= 15 is 0 Å². The molecule has 0 spiro atoms. The van der Waals surface area contributed by atoms with Crippen molar-refractivity contribution in [3.8, 4) is 11.5 Å². The van der Waals surface area contributed by atoms with E-state index in [9.17, 15) is 4.79 Å². The van der Waals surface area contributed by atoms with Crippen molar-refractivity contribution in [3.05, 3.63) is 111 Å². The number of nitrogens with zero attached hydrogens (tertiary/aromatic N) is 1. The smallest absolute Gasteiger partial charge is 0.363 e. The molecular weight excluding hydrogens is 518 g/mol. The number of halogens is 1. The lowest BCUT2D eigenvalue weighted by atomic mass is 10.1. The van der Waals surface area contributed by atoms with Crippen LogP contribution in [0.4, 0.5) is 0 Å². The predicted molar refractivity (Wildman–Crippen MR) is 145 cm³/mol. The number of carbonyl (C=O) groups is 1. The second-order valence-electron chi connectivity index (χ2n) is 8.38. The number of benzene rings is 4. The van der Waals surface area contributed by atoms with Crippen molar-refractivity contribution in [2.75, 3.05) is 6.61 Å². The minimum Gasteiger partial charge on any atom is -0.490 e. The van der Waals surface area contributed by atoms with Crippen LogP contribution in [0.1, 0.15) is 29.2 Å². The third-order valence-corrected chi connectivity index (χ3v) is 6.47. The maximum Gasteiger partial charge on any atom is 0.363 e. The molecular formula is C30H24BrNO4. The summed E-state index contributed by atoms with van der Waals surface area (Å²) in [6.07, 6.45) is 1.69. The zero-order chi connectivity index (χ0) is 25.1. The summed E-state index contributed by atoms with van der Waals surface area (Å²) in [5.41, 5.74) is 3.97. The molecule has 36 heavy (non-hydrogen) atoms. The summed E-state index contributed by atoms with van der Waals surface area (Å²) in [5, 5.41) is 2.16. The first kappa shape index (κ1) is 23.8. The van der Waals surface area contributed by atoms with Crippen LogP contribution >= 0.6 is 15.9 Å². The Labute approximate surface area is 218 Å². The molecule has 4 aromatic carbocycles. The molecule has 0 aliphatic carbocycles. The zero-order valence-electron chi connectivity index (χ0n) is 20.0. The van der Waals surface area contributed by atoms with Gasteiger partial charge in [-0.3, -0.25) is 0 Å². The first-order valence-corrected chi connectivity index (χ1v) is 12.5. The number of carbonyl (C=O) groups excluding carboxylic acids is 1. The first-order valence-electron chi connectivity index (χ1n) is 11.7.